The first kappa shape index (κ1) is 21.7. The molecule has 1 saturated carbocycles. The number of aliphatic hydroxyl groups is 1. The number of carbonyl (C=O) groups excluding carboxylic acids is 1. The van der Waals surface area contributed by atoms with E-state index >= 15 is 0 Å². The fourth-order valence-corrected chi connectivity index (χ4v) is 5.27. The second kappa shape index (κ2) is 8.64. The number of pyridine rings is 1. The van der Waals surface area contributed by atoms with Crippen molar-refractivity contribution >= 4 is 5.91 Å². The van der Waals surface area contributed by atoms with Gasteiger partial charge in [-0.3, -0.25) is 4.79 Å². The minimum absolute atomic E-state index is 0.0151. The van der Waals surface area contributed by atoms with E-state index in [2.05, 4.69) is 48.3 Å². The second-order valence-corrected chi connectivity index (χ2v) is 9.42. The van der Waals surface area contributed by atoms with Gasteiger partial charge >= 0.3 is 0 Å². The van der Waals surface area contributed by atoms with Crippen LogP contribution in [0.1, 0.15) is 69.5 Å². The van der Waals surface area contributed by atoms with Gasteiger partial charge in [0.1, 0.15) is 11.4 Å². The van der Waals surface area contributed by atoms with Gasteiger partial charge < -0.3 is 15.1 Å². The molecule has 1 aliphatic heterocycles. The summed E-state index contributed by atoms with van der Waals surface area (Å²) in [6, 6.07) is 16.1. The predicted molar refractivity (Wildman–Crippen MR) is 128 cm³/mol. The zero-order valence-electron chi connectivity index (χ0n) is 19.2. The smallest absolute Gasteiger partial charge is 0.272 e. The van der Waals surface area contributed by atoms with Crippen LogP contribution in [0, 0.1) is 13.8 Å². The summed E-state index contributed by atoms with van der Waals surface area (Å²) in [7, 11) is 0. The standard InChI is InChI=1S/C28H30N2O3/c1-17-13-21(24-6-4-3-5-23(24)19-7-8-19)14-22(16-31)27(17)20-11-12-30(15-20)28(33)25-9-10-26(32)18(2)29-25/h3-6,9-10,13-14,19-20,31-32H,7-8,11-12,15-16H2,1-2H3. The Balaban J connectivity index is 1.42. The molecular formula is C28H30N2O3. The first-order chi connectivity index (χ1) is 16.0. The number of nitrogens with zero attached hydrogens (tertiary/aromatic N) is 2. The van der Waals surface area contributed by atoms with E-state index in [1.54, 1.807) is 13.0 Å². The van der Waals surface area contributed by atoms with Crippen molar-refractivity contribution in [3.05, 3.63) is 82.2 Å². The van der Waals surface area contributed by atoms with Gasteiger partial charge in [0.15, 0.2) is 0 Å². The highest BCUT2D eigenvalue weighted by Crippen LogP contribution is 2.45. The van der Waals surface area contributed by atoms with E-state index in [9.17, 15) is 15.0 Å². The molecule has 1 aliphatic carbocycles. The number of aromatic nitrogens is 1. The maximum absolute atomic E-state index is 13.0. The van der Waals surface area contributed by atoms with Crippen LogP contribution in [-0.4, -0.2) is 39.1 Å². The molecule has 33 heavy (non-hydrogen) atoms. The number of benzene rings is 2. The molecule has 1 atom stereocenters. The van der Waals surface area contributed by atoms with Gasteiger partial charge in [-0.15, -0.1) is 0 Å². The van der Waals surface area contributed by atoms with Crippen LogP contribution in [0.5, 0.6) is 5.75 Å². The number of carbonyl (C=O) groups is 1. The summed E-state index contributed by atoms with van der Waals surface area (Å²) in [5.74, 6) is 0.823. The molecule has 1 saturated heterocycles. The lowest BCUT2D eigenvalue weighted by molar-refractivity contribution is 0.0784. The van der Waals surface area contributed by atoms with Gasteiger partial charge in [-0.05, 0) is 90.6 Å². The summed E-state index contributed by atoms with van der Waals surface area (Å²) in [4.78, 5) is 19.1. The molecule has 2 fully saturated rings. The van der Waals surface area contributed by atoms with Crippen molar-refractivity contribution in [1.82, 2.24) is 9.88 Å². The lowest BCUT2D eigenvalue weighted by Crippen LogP contribution is -2.29. The van der Waals surface area contributed by atoms with Crippen LogP contribution in [-0.2, 0) is 6.61 Å². The molecular weight excluding hydrogens is 412 g/mol. The molecule has 1 unspecified atom stereocenters. The number of hydrogen-bond acceptors (Lipinski definition) is 4. The zero-order chi connectivity index (χ0) is 23.1. The maximum Gasteiger partial charge on any atom is 0.272 e. The molecule has 1 amide bonds. The van der Waals surface area contributed by atoms with Gasteiger partial charge in [-0.2, -0.15) is 0 Å². The SMILES string of the molecule is Cc1cc(-c2ccccc2C2CC2)cc(CO)c1C1CCN(C(=O)c2ccc(O)c(C)n2)C1. The number of hydrogen-bond donors (Lipinski definition) is 2. The summed E-state index contributed by atoms with van der Waals surface area (Å²) in [6.07, 6.45) is 3.36. The Morgan fingerprint density at radius 1 is 1.06 bits per heavy atom. The van der Waals surface area contributed by atoms with Crippen LogP contribution in [0.2, 0.25) is 0 Å². The highest BCUT2D eigenvalue weighted by Gasteiger charge is 2.31. The Morgan fingerprint density at radius 3 is 2.58 bits per heavy atom. The van der Waals surface area contributed by atoms with Crippen LogP contribution < -0.4 is 0 Å². The van der Waals surface area contributed by atoms with Gasteiger partial charge in [-0.1, -0.05) is 30.3 Å². The van der Waals surface area contributed by atoms with Crippen LogP contribution >= 0.6 is 0 Å². The van der Waals surface area contributed by atoms with Crippen molar-refractivity contribution in [2.45, 2.75) is 51.6 Å². The highest BCUT2D eigenvalue weighted by atomic mass is 16.3. The minimum atomic E-state index is -0.112. The topological polar surface area (TPSA) is 73.7 Å². The Hall–Kier alpha value is -3.18. The number of aryl methyl sites for hydroxylation is 2. The van der Waals surface area contributed by atoms with E-state index in [0.717, 1.165) is 23.1 Å². The molecule has 2 heterocycles. The summed E-state index contributed by atoms with van der Waals surface area (Å²) >= 11 is 0. The molecule has 0 radical (unpaired) electrons. The van der Waals surface area contributed by atoms with Crippen molar-refractivity contribution < 1.29 is 15.0 Å². The number of amides is 1. The summed E-state index contributed by atoms with van der Waals surface area (Å²) in [5, 5.41) is 20.0. The van der Waals surface area contributed by atoms with Crippen molar-refractivity contribution in [3.63, 3.8) is 0 Å². The van der Waals surface area contributed by atoms with Gasteiger partial charge in [0.25, 0.3) is 5.91 Å². The van der Waals surface area contributed by atoms with Crippen molar-refractivity contribution in [3.8, 4) is 16.9 Å². The molecule has 5 nitrogen and oxygen atoms in total. The van der Waals surface area contributed by atoms with Gasteiger partial charge in [-0.25, -0.2) is 4.98 Å². The molecule has 1 aromatic heterocycles. The first-order valence-electron chi connectivity index (χ1n) is 11.8. The molecule has 0 bridgehead atoms. The third-order valence-electron chi connectivity index (χ3n) is 7.09. The quantitative estimate of drug-likeness (QED) is 0.579. The average Bonchev–Trinajstić information content (AvgIpc) is 3.56. The van der Waals surface area contributed by atoms with Gasteiger partial charge in [0.2, 0.25) is 0 Å². The summed E-state index contributed by atoms with van der Waals surface area (Å²) in [5.41, 5.74) is 7.93. The van der Waals surface area contributed by atoms with E-state index in [1.807, 2.05) is 4.90 Å². The minimum Gasteiger partial charge on any atom is -0.506 e. The van der Waals surface area contributed by atoms with Crippen LogP contribution in [0.3, 0.4) is 0 Å². The van der Waals surface area contributed by atoms with Crippen LogP contribution in [0.25, 0.3) is 11.1 Å². The zero-order valence-corrected chi connectivity index (χ0v) is 19.2. The first-order valence-corrected chi connectivity index (χ1v) is 11.8. The number of likely N-dealkylation sites (tertiary alicyclic amines) is 1. The average molecular weight is 443 g/mol. The Morgan fingerprint density at radius 2 is 1.85 bits per heavy atom. The number of aromatic hydroxyl groups is 1. The maximum atomic E-state index is 13.0. The largest absolute Gasteiger partial charge is 0.506 e. The van der Waals surface area contributed by atoms with E-state index in [0.29, 0.717) is 30.4 Å². The molecule has 2 aromatic carbocycles. The van der Waals surface area contributed by atoms with E-state index < -0.39 is 0 Å². The van der Waals surface area contributed by atoms with Crippen molar-refractivity contribution in [1.29, 1.82) is 0 Å². The van der Waals surface area contributed by atoms with Crippen LogP contribution in [0.4, 0.5) is 0 Å². The third-order valence-corrected chi connectivity index (χ3v) is 7.09. The van der Waals surface area contributed by atoms with Gasteiger partial charge in [0, 0.05) is 19.0 Å². The van der Waals surface area contributed by atoms with Crippen molar-refractivity contribution in [2.24, 2.45) is 0 Å². The third kappa shape index (κ3) is 4.13. The summed E-state index contributed by atoms with van der Waals surface area (Å²) in [6.45, 7) is 5.05. The molecule has 0 spiro atoms. The lowest BCUT2D eigenvalue weighted by atomic mass is 9.86. The number of rotatable bonds is 5. The molecule has 5 heteroatoms. The molecule has 3 aromatic rings. The fourth-order valence-electron chi connectivity index (χ4n) is 5.27. The fraction of sp³-hybridized carbons (Fsp3) is 0.357. The predicted octanol–water partition coefficient (Wildman–Crippen LogP) is 5.07. The highest BCUT2D eigenvalue weighted by molar-refractivity contribution is 5.92. The Bertz CT molecular complexity index is 1220. The summed E-state index contributed by atoms with van der Waals surface area (Å²) < 4.78 is 0. The second-order valence-electron chi connectivity index (χ2n) is 9.42. The molecule has 5 rings (SSSR count). The number of aliphatic hydroxyl groups excluding tert-OH is 1. The van der Waals surface area contributed by atoms with E-state index in [-0.39, 0.29) is 24.2 Å². The van der Waals surface area contributed by atoms with Crippen molar-refractivity contribution in [2.75, 3.05) is 13.1 Å². The normalized spacial score (nSPS) is 18.0. The lowest BCUT2D eigenvalue weighted by Gasteiger charge is -2.21. The molecule has 2 aliphatic rings. The molecule has 2 N–H and O–H groups in total. The van der Waals surface area contributed by atoms with Crippen LogP contribution in [0.15, 0.2) is 48.5 Å². The molecule has 170 valence electrons. The Kier molecular flexibility index (Phi) is 5.67. The monoisotopic (exact) mass is 442 g/mol. The van der Waals surface area contributed by atoms with E-state index in [4.69, 9.17) is 0 Å². The Labute approximate surface area is 194 Å². The van der Waals surface area contributed by atoms with Gasteiger partial charge in [0.05, 0.1) is 12.3 Å². The van der Waals surface area contributed by atoms with E-state index in [1.165, 1.54) is 35.6 Å².